The van der Waals surface area contributed by atoms with Crippen molar-refractivity contribution in [3.8, 4) is 10.7 Å². The highest BCUT2D eigenvalue weighted by Crippen LogP contribution is 2.34. The number of thiazole rings is 1. The topological polar surface area (TPSA) is 54.9 Å². The zero-order chi connectivity index (χ0) is 17.9. The minimum Gasteiger partial charge on any atom is -0.349 e. The fourth-order valence-electron chi connectivity index (χ4n) is 3.35. The normalized spacial score (nSPS) is 17.3. The van der Waals surface area contributed by atoms with Gasteiger partial charge in [-0.3, -0.25) is 9.78 Å². The highest BCUT2D eigenvalue weighted by Gasteiger charge is 2.28. The number of carbonyl (C=O) groups is 1. The molecule has 2 aromatic heterocycles. The van der Waals surface area contributed by atoms with Gasteiger partial charge >= 0.3 is 0 Å². The minimum atomic E-state index is 0.0192. The van der Waals surface area contributed by atoms with E-state index in [0.29, 0.717) is 0 Å². The Bertz CT molecular complexity index is 892. The molecule has 0 radical (unpaired) electrons. The maximum atomic E-state index is 12.7. The predicted molar refractivity (Wildman–Crippen MR) is 104 cm³/mol. The number of hydrogen-bond acceptors (Lipinski definition) is 4. The van der Waals surface area contributed by atoms with Gasteiger partial charge in [0.15, 0.2) is 0 Å². The first-order valence-corrected chi connectivity index (χ1v) is 9.77. The lowest BCUT2D eigenvalue weighted by Crippen LogP contribution is -2.35. The van der Waals surface area contributed by atoms with Crippen molar-refractivity contribution in [2.24, 2.45) is 5.92 Å². The molecule has 1 N–H and O–H groups in total. The Morgan fingerprint density at radius 1 is 1.19 bits per heavy atom. The van der Waals surface area contributed by atoms with Crippen LogP contribution in [0, 0.1) is 5.92 Å². The van der Waals surface area contributed by atoms with Crippen LogP contribution >= 0.6 is 11.3 Å². The highest BCUT2D eigenvalue weighted by molar-refractivity contribution is 7.15. The summed E-state index contributed by atoms with van der Waals surface area (Å²) in [4.78, 5) is 23.1. The number of carbonyl (C=O) groups excluding carboxylic acids is 1. The molecule has 26 heavy (non-hydrogen) atoms. The number of aromatic nitrogens is 2. The van der Waals surface area contributed by atoms with Crippen molar-refractivity contribution < 1.29 is 4.79 Å². The molecule has 1 aliphatic rings. The van der Waals surface area contributed by atoms with Gasteiger partial charge in [0.25, 0.3) is 0 Å². The van der Waals surface area contributed by atoms with Gasteiger partial charge in [0.2, 0.25) is 5.91 Å². The molecule has 0 fully saturated rings. The molecule has 132 valence electrons. The number of pyridine rings is 1. The number of benzene rings is 1. The van der Waals surface area contributed by atoms with Gasteiger partial charge in [-0.05, 0) is 43.9 Å². The van der Waals surface area contributed by atoms with Crippen molar-refractivity contribution in [2.45, 2.75) is 32.2 Å². The van der Waals surface area contributed by atoms with Gasteiger partial charge < -0.3 is 5.32 Å². The van der Waals surface area contributed by atoms with Crippen LogP contribution < -0.4 is 5.32 Å². The van der Waals surface area contributed by atoms with E-state index in [2.05, 4.69) is 10.3 Å². The van der Waals surface area contributed by atoms with E-state index in [9.17, 15) is 4.79 Å². The van der Waals surface area contributed by atoms with Crippen LogP contribution in [0.15, 0.2) is 54.7 Å². The van der Waals surface area contributed by atoms with E-state index in [0.717, 1.165) is 41.2 Å². The fourth-order valence-corrected chi connectivity index (χ4v) is 4.52. The quantitative estimate of drug-likeness (QED) is 0.756. The maximum absolute atomic E-state index is 12.7. The van der Waals surface area contributed by atoms with E-state index in [-0.39, 0.29) is 17.9 Å². The summed E-state index contributed by atoms with van der Waals surface area (Å²) in [5, 5.41) is 4.12. The summed E-state index contributed by atoms with van der Waals surface area (Å²) in [6.07, 6.45) is 4.27. The average Bonchev–Trinajstić information content (AvgIpc) is 3.12. The third-order valence-corrected chi connectivity index (χ3v) is 6.00. The van der Waals surface area contributed by atoms with E-state index in [1.165, 1.54) is 4.88 Å². The van der Waals surface area contributed by atoms with Crippen LogP contribution in [0.2, 0.25) is 0 Å². The standard InChI is InChI=1S/C21H21N3OS/c1-14(15-7-3-2-4-8-15)23-20(25)16-10-11-17-19(13-16)26-21(24-17)18-9-5-6-12-22-18/h2-9,12,14,16H,10-11,13H2,1H3,(H,23,25). The minimum absolute atomic E-state index is 0.0192. The third kappa shape index (κ3) is 3.53. The molecule has 2 heterocycles. The Balaban J connectivity index is 1.45. The molecule has 1 aromatic carbocycles. The molecule has 2 unspecified atom stereocenters. The molecular weight excluding hydrogens is 342 g/mol. The monoisotopic (exact) mass is 363 g/mol. The third-order valence-electron chi connectivity index (χ3n) is 4.85. The smallest absolute Gasteiger partial charge is 0.223 e. The first-order valence-electron chi connectivity index (χ1n) is 8.96. The van der Waals surface area contributed by atoms with Crippen LogP contribution in [0.25, 0.3) is 10.7 Å². The number of nitrogens with one attached hydrogen (secondary N) is 1. The lowest BCUT2D eigenvalue weighted by molar-refractivity contribution is -0.126. The van der Waals surface area contributed by atoms with E-state index < -0.39 is 0 Å². The van der Waals surface area contributed by atoms with Crippen LogP contribution in [0.3, 0.4) is 0 Å². The molecule has 5 heteroatoms. The summed E-state index contributed by atoms with van der Waals surface area (Å²) < 4.78 is 0. The van der Waals surface area contributed by atoms with Crippen LogP contribution in [0.4, 0.5) is 0 Å². The van der Waals surface area contributed by atoms with Gasteiger partial charge in [0.1, 0.15) is 5.01 Å². The molecule has 0 bridgehead atoms. The Kier molecular flexibility index (Phi) is 4.80. The van der Waals surface area contributed by atoms with Crippen molar-refractivity contribution in [3.05, 3.63) is 70.9 Å². The zero-order valence-electron chi connectivity index (χ0n) is 14.7. The van der Waals surface area contributed by atoms with Gasteiger partial charge in [0.05, 0.1) is 17.4 Å². The maximum Gasteiger partial charge on any atom is 0.223 e. The largest absolute Gasteiger partial charge is 0.349 e. The zero-order valence-corrected chi connectivity index (χ0v) is 15.5. The predicted octanol–water partition coefficient (Wildman–Crippen LogP) is 4.19. The molecule has 1 amide bonds. The van der Waals surface area contributed by atoms with E-state index in [1.54, 1.807) is 17.5 Å². The Hall–Kier alpha value is -2.53. The molecular formula is C21H21N3OS. The number of rotatable bonds is 4. The number of nitrogens with zero attached hydrogens (tertiary/aromatic N) is 2. The molecule has 3 aromatic rings. The van der Waals surface area contributed by atoms with Crippen molar-refractivity contribution in [3.63, 3.8) is 0 Å². The summed E-state index contributed by atoms with van der Waals surface area (Å²) in [7, 11) is 0. The number of hydrogen-bond donors (Lipinski definition) is 1. The molecule has 4 rings (SSSR count). The second kappa shape index (κ2) is 7.38. The number of fused-ring (bicyclic) bond motifs is 1. The van der Waals surface area contributed by atoms with Crippen molar-refractivity contribution in [2.75, 3.05) is 0 Å². The first kappa shape index (κ1) is 16.9. The molecule has 0 saturated heterocycles. The van der Waals surface area contributed by atoms with Crippen molar-refractivity contribution >= 4 is 17.2 Å². The molecule has 0 saturated carbocycles. The number of amides is 1. The summed E-state index contributed by atoms with van der Waals surface area (Å²) in [5.41, 5.74) is 3.17. The Morgan fingerprint density at radius 3 is 2.77 bits per heavy atom. The van der Waals surface area contributed by atoms with Crippen LogP contribution in [0.1, 0.15) is 35.5 Å². The van der Waals surface area contributed by atoms with Gasteiger partial charge in [-0.2, -0.15) is 0 Å². The van der Waals surface area contributed by atoms with E-state index in [1.807, 2.05) is 55.5 Å². The average molecular weight is 363 g/mol. The molecule has 0 aliphatic heterocycles. The summed E-state index contributed by atoms with van der Waals surface area (Å²) >= 11 is 1.67. The molecule has 0 spiro atoms. The van der Waals surface area contributed by atoms with Gasteiger partial charge in [0, 0.05) is 17.0 Å². The van der Waals surface area contributed by atoms with Crippen molar-refractivity contribution in [1.29, 1.82) is 0 Å². The SMILES string of the molecule is CC(NC(=O)C1CCc2nc(-c3ccccn3)sc2C1)c1ccccc1. The lowest BCUT2D eigenvalue weighted by Gasteiger charge is -2.23. The Labute approximate surface area is 157 Å². The fraction of sp³-hybridized carbons (Fsp3) is 0.286. The summed E-state index contributed by atoms with van der Waals surface area (Å²) in [6.45, 7) is 2.04. The van der Waals surface area contributed by atoms with Crippen molar-refractivity contribution in [1.82, 2.24) is 15.3 Å². The highest BCUT2D eigenvalue weighted by atomic mass is 32.1. The van der Waals surface area contributed by atoms with Gasteiger partial charge in [-0.25, -0.2) is 4.98 Å². The lowest BCUT2D eigenvalue weighted by atomic mass is 9.90. The number of aryl methyl sites for hydroxylation is 1. The van der Waals surface area contributed by atoms with Crippen LogP contribution in [-0.4, -0.2) is 15.9 Å². The van der Waals surface area contributed by atoms with Gasteiger partial charge in [-0.15, -0.1) is 11.3 Å². The van der Waals surface area contributed by atoms with E-state index in [4.69, 9.17) is 4.98 Å². The molecule has 2 atom stereocenters. The Morgan fingerprint density at radius 2 is 2.00 bits per heavy atom. The van der Waals surface area contributed by atoms with Gasteiger partial charge in [-0.1, -0.05) is 36.4 Å². The second-order valence-electron chi connectivity index (χ2n) is 6.68. The van der Waals surface area contributed by atoms with Crippen LogP contribution in [-0.2, 0) is 17.6 Å². The molecule has 4 nitrogen and oxygen atoms in total. The molecule has 1 aliphatic carbocycles. The summed E-state index contributed by atoms with van der Waals surface area (Å²) in [5.74, 6) is 0.158. The first-order chi connectivity index (χ1) is 12.7. The second-order valence-corrected chi connectivity index (χ2v) is 7.77. The summed E-state index contributed by atoms with van der Waals surface area (Å²) in [6, 6.07) is 16.0. The van der Waals surface area contributed by atoms with Crippen LogP contribution in [0.5, 0.6) is 0 Å². The van der Waals surface area contributed by atoms with E-state index >= 15 is 0 Å².